The molecule has 0 saturated carbocycles. The number of nitrogens with one attached hydrogen (secondary N) is 2. The van der Waals surface area contributed by atoms with Crippen molar-refractivity contribution in [3.8, 4) is 11.4 Å². The number of rotatable bonds is 6. The van der Waals surface area contributed by atoms with Gasteiger partial charge in [-0.15, -0.1) is 11.8 Å². The maximum absolute atomic E-state index is 13.1. The Morgan fingerprint density at radius 2 is 1.97 bits per heavy atom. The molecule has 0 spiro atoms. The van der Waals surface area contributed by atoms with Crippen molar-refractivity contribution in [1.82, 2.24) is 20.2 Å². The molecular weight excluding hydrogens is 401 g/mol. The first-order valence-electron chi connectivity index (χ1n) is 9.21. The summed E-state index contributed by atoms with van der Waals surface area (Å²) < 4.78 is 13.1. The second kappa shape index (κ2) is 8.87. The molecule has 0 unspecified atom stereocenters. The Morgan fingerprint density at radius 3 is 2.73 bits per heavy atom. The number of hydrogen-bond donors (Lipinski definition) is 2. The summed E-state index contributed by atoms with van der Waals surface area (Å²) in [6, 6.07) is 17.1. The third-order valence-electron chi connectivity index (χ3n) is 4.28. The highest BCUT2D eigenvalue weighted by Crippen LogP contribution is 2.26. The molecule has 0 fully saturated rings. The van der Waals surface area contributed by atoms with Gasteiger partial charge in [0.25, 0.3) is 5.91 Å². The predicted octanol–water partition coefficient (Wildman–Crippen LogP) is 4.86. The second-order valence-corrected chi connectivity index (χ2v) is 7.51. The van der Waals surface area contributed by atoms with E-state index in [1.54, 1.807) is 30.5 Å². The third-order valence-corrected chi connectivity index (χ3v) is 5.36. The van der Waals surface area contributed by atoms with Gasteiger partial charge in [0.1, 0.15) is 16.7 Å². The largest absolute Gasteiger partial charge is 0.322 e. The minimum Gasteiger partial charge on any atom is -0.322 e. The standard InChI is InChI=1S/C22H18FN5OS/c1-14-25-20(28-27-14)16-4-2-5-18(12-16)26-21(29)19-6-3-11-24-22(19)30-13-15-7-9-17(23)10-8-15/h2-12H,13H2,1H3,(H,26,29)(H,25,27,28). The Labute approximate surface area is 177 Å². The number of pyridine rings is 1. The lowest BCUT2D eigenvalue weighted by atomic mass is 10.2. The summed E-state index contributed by atoms with van der Waals surface area (Å²) in [5.74, 6) is 1.34. The van der Waals surface area contributed by atoms with Crippen molar-refractivity contribution in [1.29, 1.82) is 0 Å². The number of carbonyl (C=O) groups is 1. The van der Waals surface area contributed by atoms with Gasteiger partial charge in [0.15, 0.2) is 5.82 Å². The monoisotopic (exact) mass is 419 g/mol. The molecule has 150 valence electrons. The Hall–Kier alpha value is -3.52. The van der Waals surface area contributed by atoms with Crippen LogP contribution in [0.3, 0.4) is 0 Å². The molecule has 0 saturated heterocycles. The van der Waals surface area contributed by atoms with Crippen LogP contribution >= 0.6 is 11.8 Å². The highest BCUT2D eigenvalue weighted by Gasteiger charge is 2.14. The first kappa shape index (κ1) is 19.8. The van der Waals surface area contributed by atoms with Crippen LogP contribution < -0.4 is 5.32 Å². The topological polar surface area (TPSA) is 83.6 Å². The fourth-order valence-corrected chi connectivity index (χ4v) is 3.76. The average molecular weight is 419 g/mol. The van der Waals surface area contributed by atoms with Crippen LogP contribution in [0.15, 0.2) is 71.9 Å². The molecule has 1 amide bonds. The van der Waals surface area contributed by atoms with Crippen LogP contribution in [0.4, 0.5) is 10.1 Å². The number of benzene rings is 2. The maximum atomic E-state index is 13.1. The number of aromatic nitrogens is 4. The summed E-state index contributed by atoms with van der Waals surface area (Å²) in [5.41, 5.74) is 2.86. The SMILES string of the molecule is Cc1nc(-c2cccc(NC(=O)c3cccnc3SCc3ccc(F)cc3)c2)n[nH]1. The van der Waals surface area contributed by atoms with Gasteiger partial charge in [0.05, 0.1) is 5.56 Å². The summed E-state index contributed by atoms with van der Waals surface area (Å²) in [4.78, 5) is 21.6. The molecule has 2 aromatic heterocycles. The highest BCUT2D eigenvalue weighted by atomic mass is 32.2. The Morgan fingerprint density at radius 1 is 1.13 bits per heavy atom. The number of H-pyrrole nitrogens is 1. The second-order valence-electron chi connectivity index (χ2n) is 6.55. The van der Waals surface area contributed by atoms with Crippen LogP contribution in [0.5, 0.6) is 0 Å². The van der Waals surface area contributed by atoms with E-state index in [2.05, 4.69) is 25.5 Å². The van der Waals surface area contributed by atoms with E-state index in [0.29, 0.717) is 27.9 Å². The number of thioether (sulfide) groups is 1. The Bertz CT molecular complexity index is 1180. The predicted molar refractivity (Wildman–Crippen MR) is 115 cm³/mol. The summed E-state index contributed by atoms with van der Waals surface area (Å²) in [6.45, 7) is 1.83. The zero-order chi connectivity index (χ0) is 20.9. The van der Waals surface area contributed by atoms with Crippen LogP contribution in [0, 0.1) is 12.7 Å². The molecule has 4 rings (SSSR count). The van der Waals surface area contributed by atoms with Crippen LogP contribution in [0.1, 0.15) is 21.7 Å². The van der Waals surface area contributed by atoms with E-state index in [9.17, 15) is 9.18 Å². The van der Waals surface area contributed by atoms with E-state index < -0.39 is 0 Å². The minimum absolute atomic E-state index is 0.256. The Balaban J connectivity index is 1.49. The van der Waals surface area contributed by atoms with Gasteiger partial charge in [0, 0.05) is 23.2 Å². The average Bonchev–Trinajstić information content (AvgIpc) is 3.20. The smallest absolute Gasteiger partial charge is 0.258 e. The highest BCUT2D eigenvalue weighted by molar-refractivity contribution is 7.98. The molecule has 0 atom stereocenters. The fraction of sp³-hybridized carbons (Fsp3) is 0.0909. The van der Waals surface area contributed by atoms with Gasteiger partial charge in [0.2, 0.25) is 0 Å². The van der Waals surface area contributed by atoms with Gasteiger partial charge in [-0.25, -0.2) is 14.4 Å². The van der Waals surface area contributed by atoms with Crippen LogP contribution in [0.2, 0.25) is 0 Å². The van der Waals surface area contributed by atoms with Gasteiger partial charge in [-0.1, -0.05) is 24.3 Å². The number of aryl methyl sites for hydroxylation is 1. The third kappa shape index (κ3) is 4.72. The van der Waals surface area contributed by atoms with Gasteiger partial charge in [-0.2, -0.15) is 5.10 Å². The van der Waals surface area contributed by atoms with Crippen LogP contribution in [0.25, 0.3) is 11.4 Å². The summed E-state index contributed by atoms with van der Waals surface area (Å²) in [7, 11) is 0. The number of nitrogens with zero attached hydrogens (tertiary/aromatic N) is 3. The Kier molecular flexibility index (Phi) is 5.85. The van der Waals surface area contributed by atoms with E-state index in [4.69, 9.17) is 0 Å². The summed E-state index contributed by atoms with van der Waals surface area (Å²) in [5, 5.41) is 10.5. The normalized spacial score (nSPS) is 10.7. The van der Waals surface area contributed by atoms with Crippen molar-refractivity contribution >= 4 is 23.4 Å². The summed E-state index contributed by atoms with van der Waals surface area (Å²) >= 11 is 1.43. The molecule has 0 radical (unpaired) electrons. The number of aromatic amines is 1. The molecule has 6 nitrogen and oxygen atoms in total. The summed E-state index contributed by atoms with van der Waals surface area (Å²) in [6.07, 6.45) is 1.65. The number of anilines is 1. The molecule has 0 aliphatic carbocycles. The molecule has 2 N–H and O–H groups in total. The minimum atomic E-state index is -0.274. The lowest BCUT2D eigenvalue weighted by Crippen LogP contribution is -2.13. The molecule has 4 aromatic rings. The molecule has 2 heterocycles. The van der Waals surface area contributed by atoms with Crippen molar-refractivity contribution in [3.63, 3.8) is 0 Å². The first-order chi connectivity index (χ1) is 14.6. The number of hydrogen-bond acceptors (Lipinski definition) is 5. The molecule has 0 aliphatic heterocycles. The number of halogens is 1. The van der Waals surface area contributed by atoms with Crippen molar-refractivity contribution < 1.29 is 9.18 Å². The van der Waals surface area contributed by atoms with Gasteiger partial charge in [-0.3, -0.25) is 9.89 Å². The number of carbonyl (C=O) groups excluding carboxylic acids is 1. The lowest BCUT2D eigenvalue weighted by Gasteiger charge is -2.10. The molecule has 2 aromatic carbocycles. The van der Waals surface area contributed by atoms with Crippen LogP contribution in [-0.4, -0.2) is 26.1 Å². The van der Waals surface area contributed by atoms with Gasteiger partial charge in [-0.05, 0) is 48.9 Å². The molecule has 8 heteroatoms. The lowest BCUT2D eigenvalue weighted by molar-refractivity contribution is 0.102. The number of amides is 1. The zero-order valence-electron chi connectivity index (χ0n) is 16.1. The van der Waals surface area contributed by atoms with Crippen LogP contribution in [-0.2, 0) is 5.75 Å². The van der Waals surface area contributed by atoms with Crippen molar-refractivity contribution in [2.24, 2.45) is 0 Å². The fourth-order valence-electron chi connectivity index (χ4n) is 2.82. The van der Waals surface area contributed by atoms with Gasteiger partial charge >= 0.3 is 0 Å². The van der Waals surface area contributed by atoms with Crippen molar-refractivity contribution in [2.45, 2.75) is 17.7 Å². The van der Waals surface area contributed by atoms with E-state index in [1.165, 1.54) is 23.9 Å². The molecule has 0 bridgehead atoms. The van der Waals surface area contributed by atoms with E-state index >= 15 is 0 Å². The first-order valence-corrected chi connectivity index (χ1v) is 10.2. The molecular formula is C22H18FN5OS. The molecule has 30 heavy (non-hydrogen) atoms. The zero-order valence-corrected chi connectivity index (χ0v) is 16.9. The van der Waals surface area contributed by atoms with E-state index in [1.807, 2.05) is 31.2 Å². The maximum Gasteiger partial charge on any atom is 0.258 e. The quantitative estimate of drug-likeness (QED) is 0.436. The van der Waals surface area contributed by atoms with Gasteiger partial charge < -0.3 is 5.32 Å². The molecule has 0 aliphatic rings. The van der Waals surface area contributed by atoms with Crippen molar-refractivity contribution in [3.05, 3.63) is 89.6 Å². The van der Waals surface area contributed by atoms with E-state index in [-0.39, 0.29) is 11.7 Å². The van der Waals surface area contributed by atoms with Crippen molar-refractivity contribution in [2.75, 3.05) is 5.32 Å². The van der Waals surface area contributed by atoms with E-state index in [0.717, 1.165) is 17.0 Å².